The highest BCUT2D eigenvalue weighted by Gasteiger charge is 2.38. The molecular formula is C9H8F3N5O. The lowest BCUT2D eigenvalue weighted by atomic mass is 10.1. The Bertz CT molecular complexity index is 561. The molecule has 18 heavy (non-hydrogen) atoms. The number of H-pyrrole nitrogens is 1. The Balaban J connectivity index is 1.83. The molecule has 0 fully saturated rings. The fraction of sp³-hybridized carbons (Fsp3) is 0.444. The van der Waals surface area contributed by atoms with Gasteiger partial charge in [-0.3, -0.25) is 5.32 Å². The Hall–Kier alpha value is -1.90. The Morgan fingerprint density at radius 3 is 2.94 bits per heavy atom. The minimum Gasteiger partial charge on any atom is -0.347 e. The van der Waals surface area contributed by atoms with Crippen LogP contribution in [0, 0.1) is 0 Å². The van der Waals surface area contributed by atoms with Crippen LogP contribution in [0.1, 0.15) is 29.1 Å². The molecule has 0 amide bonds. The molecule has 0 aromatic carbocycles. The van der Waals surface area contributed by atoms with Crippen molar-refractivity contribution in [3.05, 3.63) is 29.4 Å². The van der Waals surface area contributed by atoms with E-state index in [1.165, 1.54) is 0 Å². The van der Waals surface area contributed by atoms with E-state index in [1.54, 1.807) is 6.33 Å². The number of aromatic nitrogens is 4. The monoisotopic (exact) mass is 259 g/mol. The normalized spacial score (nSPS) is 19.8. The summed E-state index contributed by atoms with van der Waals surface area (Å²) in [7, 11) is 0. The first-order valence-electron chi connectivity index (χ1n) is 5.19. The highest BCUT2D eigenvalue weighted by Crippen LogP contribution is 2.29. The molecule has 0 saturated heterocycles. The number of fused-ring (bicyclic) bond motifs is 1. The third-order valence-corrected chi connectivity index (χ3v) is 2.72. The van der Waals surface area contributed by atoms with Crippen molar-refractivity contribution >= 4 is 0 Å². The summed E-state index contributed by atoms with van der Waals surface area (Å²) in [6, 6.07) is -0.440. The molecule has 2 N–H and O–H groups in total. The molecule has 3 rings (SSSR count). The third kappa shape index (κ3) is 1.86. The van der Waals surface area contributed by atoms with E-state index in [9.17, 15) is 13.2 Å². The predicted octanol–water partition coefficient (Wildman–Crippen LogP) is 1.20. The van der Waals surface area contributed by atoms with Crippen LogP contribution >= 0.6 is 0 Å². The minimum atomic E-state index is -4.59. The number of imidazole rings is 1. The number of rotatable bonds is 1. The zero-order valence-corrected chi connectivity index (χ0v) is 8.95. The molecule has 1 aliphatic heterocycles. The summed E-state index contributed by atoms with van der Waals surface area (Å²) in [5.74, 6) is -1.33. The van der Waals surface area contributed by atoms with Crippen LogP contribution in [0.15, 0.2) is 10.9 Å². The molecule has 1 atom stereocenters. The van der Waals surface area contributed by atoms with Gasteiger partial charge in [0.25, 0.3) is 5.82 Å². The lowest BCUT2D eigenvalue weighted by molar-refractivity contribution is -0.146. The third-order valence-electron chi connectivity index (χ3n) is 2.72. The largest absolute Gasteiger partial charge is 0.455 e. The molecule has 2 aromatic heterocycles. The van der Waals surface area contributed by atoms with Gasteiger partial charge in [0.05, 0.1) is 23.8 Å². The molecule has 9 heteroatoms. The average Bonchev–Trinajstić information content (AvgIpc) is 2.96. The zero-order chi connectivity index (χ0) is 12.8. The average molecular weight is 259 g/mol. The lowest BCUT2D eigenvalue weighted by Crippen LogP contribution is -2.29. The van der Waals surface area contributed by atoms with Crippen molar-refractivity contribution in [1.82, 2.24) is 25.4 Å². The highest BCUT2D eigenvalue weighted by atomic mass is 19.4. The molecule has 2 aromatic rings. The Morgan fingerprint density at radius 1 is 1.39 bits per heavy atom. The summed E-state index contributed by atoms with van der Waals surface area (Å²) in [5.41, 5.74) is 1.72. The number of hydrogen-bond donors (Lipinski definition) is 2. The van der Waals surface area contributed by atoms with Crippen LogP contribution in [0.4, 0.5) is 13.2 Å². The molecule has 96 valence electrons. The van der Waals surface area contributed by atoms with Crippen molar-refractivity contribution in [1.29, 1.82) is 0 Å². The fourth-order valence-corrected chi connectivity index (χ4v) is 1.84. The highest BCUT2D eigenvalue weighted by molar-refractivity contribution is 5.17. The standard InChI is InChI=1S/C9H8F3N5O/c10-9(11,12)8-16-7(18-17-8)5-1-4-6(2-13-5)15-3-14-4/h3,5,13H,1-2H2,(H,14,15). The van der Waals surface area contributed by atoms with E-state index in [0.717, 1.165) is 11.4 Å². The summed E-state index contributed by atoms with van der Waals surface area (Å²) >= 11 is 0. The van der Waals surface area contributed by atoms with Crippen molar-refractivity contribution in [2.24, 2.45) is 0 Å². The van der Waals surface area contributed by atoms with Gasteiger partial charge >= 0.3 is 6.18 Å². The SMILES string of the molecule is FC(F)(F)c1noc(C2Cc3nc[nH]c3CN2)n1. The van der Waals surface area contributed by atoms with Crippen LogP contribution in [-0.4, -0.2) is 20.1 Å². The summed E-state index contributed by atoms with van der Waals surface area (Å²) in [4.78, 5) is 10.4. The zero-order valence-electron chi connectivity index (χ0n) is 8.95. The predicted molar refractivity (Wildman–Crippen MR) is 51.2 cm³/mol. The molecule has 0 radical (unpaired) electrons. The maximum absolute atomic E-state index is 12.3. The topological polar surface area (TPSA) is 79.6 Å². The van der Waals surface area contributed by atoms with Gasteiger partial charge in [-0.1, -0.05) is 5.16 Å². The van der Waals surface area contributed by atoms with Crippen LogP contribution in [0.5, 0.6) is 0 Å². The first kappa shape index (κ1) is 11.2. The van der Waals surface area contributed by atoms with E-state index in [2.05, 4.69) is 29.9 Å². The second-order valence-corrected chi connectivity index (χ2v) is 3.92. The first-order chi connectivity index (χ1) is 8.54. The molecule has 0 aliphatic carbocycles. The number of aromatic amines is 1. The van der Waals surface area contributed by atoms with Crippen molar-refractivity contribution in [2.45, 2.75) is 25.2 Å². The Kier molecular flexibility index (Phi) is 2.37. The molecular weight excluding hydrogens is 251 g/mol. The van der Waals surface area contributed by atoms with Gasteiger partial charge in [-0.2, -0.15) is 18.2 Å². The smallest absolute Gasteiger partial charge is 0.347 e. The van der Waals surface area contributed by atoms with Gasteiger partial charge in [-0.15, -0.1) is 0 Å². The summed E-state index contributed by atoms with van der Waals surface area (Å²) in [6.45, 7) is 0.476. The molecule has 0 bridgehead atoms. The van der Waals surface area contributed by atoms with Gasteiger partial charge in [0.15, 0.2) is 0 Å². The van der Waals surface area contributed by atoms with Gasteiger partial charge in [-0.05, 0) is 0 Å². The second-order valence-electron chi connectivity index (χ2n) is 3.92. The first-order valence-corrected chi connectivity index (χ1v) is 5.19. The van der Waals surface area contributed by atoms with E-state index in [1.807, 2.05) is 0 Å². The number of hydrogen-bond acceptors (Lipinski definition) is 5. The van der Waals surface area contributed by atoms with Crippen LogP contribution in [0.3, 0.4) is 0 Å². The van der Waals surface area contributed by atoms with Crippen molar-refractivity contribution < 1.29 is 17.7 Å². The quantitative estimate of drug-likeness (QED) is 0.804. The number of nitrogens with zero attached hydrogens (tertiary/aromatic N) is 3. The van der Waals surface area contributed by atoms with E-state index < -0.39 is 18.0 Å². The number of halogens is 3. The van der Waals surface area contributed by atoms with Crippen LogP contribution in [0.2, 0.25) is 0 Å². The number of alkyl halides is 3. The van der Waals surface area contributed by atoms with Crippen molar-refractivity contribution in [3.63, 3.8) is 0 Å². The van der Waals surface area contributed by atoms with Gasteiger partial charge in [0, 0.05) is 13.0 Å². The van der Waals surface area contributed by atoms with Crippen LogP contribution < -0.4 is 5.32 Å². The maximum Gasteiger partial charge on any atom is 0.455 e. The van der Waals surface area contributed by atoms with Crippen LogP contribution in [0.25, 0.3) is 0 Å². The minimum absolute atomic E-state index is 0.0732. The summed E-state index contributed by atoms with van der Waals surface area (Å²) in [6.07, 6.45) is -2.63. The summed E-state index contributed by atoms with van der Waals surface area (Å²) < 4.78 is 41.6. The molecule has 1 aliphatic rings. The van der Waals surface area contributed by atoms with Gasteiger partial charge in [0.2, 0.25) is 5.89 Å². The maximum atomic E-state index is 12.3. The molecule has 3 heterocycles. The molecule has 6 nitrogen and oxygen atoms in total. The Labute approximate surface area is 98.6 Å². The van der Waals surface area contributed by atoms with Gasteiger partial charge < -0.3 is 9.51 Å². The Morgan fingerprint density at radius 2 is 2.22 bits per heavy atom. The molecule has 1 unspecified atom stereocenters. The van der Waals surface area contributed by atoms with E-state index in [4.69, 9.17) is 0 Å². The van der Waals surface area contributed by atoms with E-state index >= 15 is 0 Å². The van der Waals surface area contributed by atoms with E-state index in [0.29, 0.717) is 13.0 Å². The van der Waals surface area contributed by atoms with Crippen molar-refractivity contribution in [2.75, 3.05) is 0 Å². The summed E-state index contributed by atoms with van der Waals surface area (Å²) in [5, 5.41) is 5.93. The van der Waals surface area contributed by atoms with E-state index in [-0.39, 0.29) is 5.89 Å². The van der Waals surface area contributed by atoms with Crippen molar-refractivity contribution in [3.8, 4) is 0 Å². The van der Waals surface area contributed by atoms with Gasteiger partial charge in [0.1, 0.15) is 0 Å². The fourth-order valence-electron chi connectivity index (χ4n) is 1.84. The molecule has 0 saturated carbocycles. The lowest BCUT2D eigenvalue weighted by Gasteiger charge is -2.19. The molecule has 0 spiro atoms. The van der Waals surface area contributed by atoms with Crippen LogP contribution in [-0.2, 0) is 19.1 Å². The number of nitrogens with one attached hydrogen (secondary N) is 2. The van der Waals surface area contributed by atoms with Gasteiger partial charge in [-0.25, -0.2) is 4.98 Å². The second kappa shape index (κ2) is 3.80.